The van der Waals surface area contributed by atoms with Gasteiger partial charge in [-0.25, -0.2) is 8.42 Å². The third-order valence-electron chi connectivity index (χ3n) is 6.22. The molecule has 1 aromatic heterocycles. The number of hydrogen-bond donors (Lipinski definition) is 1. The van der Waals surface area contributed by atoms with Gasteiger partial charge < -0.3 is 5.32 Å². The van der Waals surface area contributed by atoms with E-state index in [1.807, 2.05) is 0 Å². The Bertz CT molecular complexity index is 1130. The Balaban J connectivity index is 1.51. The van der Waals surface area contributed by atoms with Crippen LogP contribution in [0.25, 0.3) is 0 Å². The van der Waals surface area contributed by atoms with Crippen LogP contribution in [0, 0.1) is 23.2 Å². The summed E-state index contributed by atoms with van der Waals surface area (Å²) in [6, 6.07) is 8.32. The summed E-state index contributed by atoms with van der Waals surface area (Å²) in [6.07, 6.45) is 4.77. The number of sulfonamides is 1. The maximum absolute atomic E-state index is 12.9. The molecule has 0 saturated carbocycles. The molecule has 2 heterocycles. The number of benzene rings is 1. The Kier molecular flexibility index (Phi) is 6.20. The van der Waals surface area contributed by atoms with Crippen molar-refractivity contribution < 1.29 is 13.2 Å². The van der Waals surface area contributed by atoms with Gasteiger partial charge in [0.25, 0.3) is 5.91 Å². The van der Waals surface area contributed by atoms with Crippen molar-refractivity contribution in [1.82, 2.24) is 4.31 Å². The van der Waals surface area contributed by atoms with E-state index in [0.717, 1.165) is 37.7 Å². The van der Waals surface area contributed by atoms with Crippen LogP contribution >= 0.6 is 11.3 Å². The summed E-state index contributed by atoms with van der Waals surface area (Å²) in [4.78, 5) is 14.2. The van der Waals surface area contributed by atoms with Crippen molar-refractivity contribution in [2.24, 2.45) is 11.8 Å². The molecule has 1 amide bonds. The van der Waals surface area contributed by atoms with Gasteiger partial charge in [0.15, 0.2) is 0 Å². The van der Waals surface area contributed by atoms with Crippen molar-refractivity contribution in [2.75, 3.05) is 18.4 Å². The average Bonchev–Trinajstić information content (AvgIpc) is 3.09. The number of carbonyl (C=O) groups is 1. The van der Waals surface area contributed by atoms with Crippen molar-refractivity contribution in [2.45, 2.75) is 50.8 Å². The van der Waals surface area contributed by atoms with E-state index >= 15 is 0 Å². The lowest BCUT2D eigenvalue weighted by atomic mass is 9.88. The van der Waals surface area contributed by atoms with E-state index in [-0.39, 0.29) is 10.8 Å². The van der Waals surface area contributed by atoms with Gasteiger partial charge in [-0.15, -0.1) is 11.3 Å². The van der Waals surface area contributed by atoms with E-state index in [0.29, 0.717) is 41.1 Å². The molecule has 1 aliphatic heterocycles. The van der Waals surface area contributed by atoms with Crippen molar-refractivity contribution in [3.63, 3.8) is 0 Å². The standard InChI is InChI=1S/C23H27N3O3S2/c1-15-5-10-19-20(13-24)23(30-21(19)12-15)25-22(27)17-6-8-18(9-7-17)31(28,29)26-11-3-4-16(2)14-26/h6-9,15-16H,3-5,10-12,14H2,1-2H3,(H,25,27). The average molecular weight is 458 g/mol. The first-order valence-electron chi connectivity index (χ1n) is 10.8. The first kappa shape index (κ1) is 22.0. The summed E-state index contributed by atoms with van der Waals surface area (Å²) < 4.78 is 27.4. The van der Waals surface area contributed by atoms with Gasteiger partial charge in [0.1, 0.15) is 11.1 Å². The summed E-state index contributed by atoms with van der Waals surface area (Å²) in [5, 5.41) is 13.1. The lowest BCUT2D eigenvalue weighted by Gasteiger charge is -2.30. The van der Waals surface area contributed by atoms with Crippen LogP contribution < -0.4 is 5.32 Å². The molecule has 1 aromatic carbocycles. The minimum absolute atomic E-state index is 0.205. The van der Waals surface area contributed by atoms with Gasteiger partial charge in [-0.3, -0.25) is 4.79 Å². The number of hydrogen-bond acceptors (Lipinski definition) is 5. The van der Waals surface area contributed by atoms with Crippen LogP contribution in [0.1, 0.15) is 59.5 Å². The van der Waals surface area contributed by atoms with Gasteiger partial charge in [-0.05, 0) is 73.8 Å². The Morgan fingerprint density at radius 3 is 2.61 bits per heavy atom. The number of thiophene rings is 1. The number of amides is 1. The zero-order valence-corrected chi connectivity index (χ0v) is 19.5. The van der Waals surface area contributed by atoms with Crippen LogP contribution in [0.5, 0.6) is 0 Å². The number of rotatable bonds is 4. The van der Waals surface area contributed by atoms with E-state index < -0.39 is 10.0 Å². The number of anilines is 1. The summed E-state index contributed by atoms with van der Waals surface area (Å²) in [6.45, 7) is 5.33. The minimum atomic E-state index is -3.55. The normalized spacial score (nSPS) is 21.8. The number of fused-ring (bicyclic) bond motifs is 1. The second-order valence-electron chi connectivity index (χ2n) is 8.76. The Hall–Kier alpha value is -2.21. The van der Waals surface area contributed by atoms with E-state index in [2.05, 4.69) is 25.2 Å². The molecule has 8 heteroatoms. The number of nitriles is 1. The van der Waals surface area contributed by atoms with Gasteiger partial charge in [0.05, 0.1) is 10.5 Å². The minimum Gasteiger partial charge on any atom is -0.312 e. The molecule has 0 bridgehead atoms. The molecule has 2 aliphatic rings. The molecule has 2 aromatic rings. The van der Waals surface area contributed by atoms with E-state index in [1.165, 1.54) is 44.8 Å². The Morgan fingerprint density at radius 1 is 1.19 bits per heavy atom. The Morgan fingerprint density at radius 2 is 1.94 bits per heavy atom. The first-order valence-corrected chi connectivity index (χ1v) is 13.0. The number of piperidine rings is 1. The predicted octanol–water partition coefficient (Wildman–Crippen LogP) is 4.42. The van der Waals surface area contributed by atoms with E-state index in [1.54, 1.807) is 0 Å². The highest BCUT2D eigenvalue weighted by atomic mass is 32.2. The third kappa shape index (κ3) is 4.40. The first-order chi connectivity index (χ1) is 14.8. The van der Waals surface area contributed by atoms with Crippen LogP contribution in [0.2, 0.25) is 0 Å². The smallest absolute Gasteiger partial charge is 0.256 e. The van der Waals surface area contributed by atoms with E-state index in [4.69, 9.17) is 0 Å². The fourth-order valence-corrected chi connectivity index (χ4v) is 7.38. The van der Waals surface area contributed by atoms with Gasteiger partial charge in [0.2, 0.25) is 10.0 Å². The fourth-order valence-electron chi connectivity index (χ4n) is 4.42. The quantitative estimate of drug-likeness (QED) is 0.736. The number of carbonyl (C=O) groups excluding carboxylic acids is 1. The summed E-state index contributed by atoms with van der Waals surface area (Å²) in [5.74, 6) is 0.597. The molecular formula is C23H27N3O3S2. The lowest BCUT2D eigenvalue weighted by Crippen LogP contribution is -2.39. The molecule has 2 atom stereocenters. The zero-order chi connectivity index (χ0) is 22.2. The second-order valence-corrected chi connectivity index (χ2v) is 11.8. The van der Waals surface area contributed by atoms with Crippen molar-refractivity contribution >= 4 is 32.3 Å². The fraction of sp³-hybridized carbons (Fsp3) is 0.478. The zero-order valence-electron chi connectivity index (χ0n) is 17.8. The maximum atomic E-state index is 12.9. The number of nitrogens with zero attached hydrogens (tertiary/aromatic N) is 2. The SMILES string of the molecule is CC1CCc2c(sc(NC(=O)c3ccc(S(=O)(=O)N4CCCC(C)C4)cc3)c2C#N)C1. The highest BCUT2D eigenvalue weighted by Crippen LogP contribution is 2.39. The molecular weight excluding hydrogens is 430 g/mol. The molecule has 0 spiro atoms. The maximum Gasteiger partial charge on any atom is 0.256 e. The molecule has 2 unspecified atom stereocenters. The van der Waals surface area contributed by atoms with Gasteiger partial charge in [0, 0.05) is 23.5 Å². The molecule has 1 saturated heterocycles. The highest BCUT2D eigenvalue weighted by molar-refractivity contribution is 7.89. The Labute approximate surface area is 187 Å². The summed E-state index contributed by atoms with van der Waals surface area (Å²) in [7, 11) is -3.55. The van der Waals surface area contributed by atoms with Crippen molar-refractivity contribution in [3.8, 4) is 6.07 Å². The van der Waals surface area contributed by atoms with Crippen LogP contribution in [0.4, 0.5) is 5.00 Å². The van der Waals surface area contributed by atoms with Crippen LogP contribution in [-0.2, 0) is 22.9 Å². The third-order valence-corrected chi connectivity index (χ3v) is 9.27. The molecule has 31 heavy (non-hydrogen) atoms. The second kappa shape index (κ2) is 8.73. The van der Waals surface area contributed by atoms with Crippen LogP contribution in [-0.4, -0.2) is 31.7 Å². The van der Waals surface area contributed by atoms with Crippen LogP contribution in [0.3, 0.4) is 0 Å². The molecule has 1 fully saturated rings. The van der Waals surface area contributed by atoms with Crippen molar-refractivity contribution in [1.29, 1.82) is 5.26 Å². The largest absolute Gasteiger partial charge is 0.312 e. The summed E-state index contributed by atoms with van der Waals surface area (Å²) in [5.41, 5.74) is 2.01. The molecule has 0 radical (unpaired) electrons. The van der Waals surface area contributed by atoms with E-state index in [9.17, 15) is 18.5 Å². The molecule has 164 valence electrons. The van der Waals surface area contributed by atoms with Gasteiger partial charge >= 0.3 is 0 Å². The topological polar surface area (TPSA) is 90.3 Å². The summed E-state index contributed by atoms with van der Waals surface area (Å²) >= 11 is 1.48. The predicted molar refractivity (Wildman–Crippen MR) is 122 cm³/mol. The molecule has 6 nitrogen and oxygen atoms in total. The van der Waals surface area contributed by atoms with Crippen LogP contribution in [0.15, 0.2) is 29.2 Å². The molecule has 1 aliphatic carbocycles. The highest BCUT2D eigenvalue weighted by Gasteiger charge is 2.29. The molecule has 4 rings (SSSR count). The monoisotopic (exact) mass is 457 g/mol. The van der Waals surface area contributed by atoms with Gasteiger partial charge in [-0.1, -0.05) is 13.8 Å². The van der Waals surface area contributed by atoms with Gasteiger partial charge in [-0.2, -0.15) is 9.57 Å². The lowest BCUT2D eigenvalue weighted by molar-refractivity contribution is 0.102. The molecule has 1 N–H and O–H groups in total. The number of nitrogens with one attached hydrogen (secondary N) is 1. The van der Waals surface area contributed by atoms with Crippen molar-refractivity contribution in [3.05, 3.63) is 45.8 Å².